The fourth-order valence-electron chi connectivity index (χ4n) is 1.34. The summed E-state index contributed by atoms with van der Waals surface area (Å²) in [5, 5.41) is 0. The molecule has 1 rings (SSSR count). The number of ketones is 1. The van der Waals surface area contributed by atoms with Crippen molar-refractivity contribution < 1.29 is 31.5 Å². The van der Waals surface area contributed by atoms with Crippen molar-refractivity contribution in [2.45, 2.75) is 28.8 Å². The second-order valence-corrected chi connectivity index (χ2v) is 6.02. The van der Waals surface area contributed by atoms with Gasteiger partial charge in [0.05, 0.1) is 15.3 Å². The quantitative estimate of drug-likeness (QED) is 0.316. The van der Waals surface area contributed by atoms with Gasteiger partial charge in [0.15, 0.2) is 11.5 Å². The Labute approximate surface area is 123 Å². The number of Topliss-reactive ketones (excluding diaryl/α,β-unsaturated/α-hetero) is 1. The summed E-state index contributed by atoms with van der Waals surface area (Å²) in [6.07, 6.45) is 0. The second kappa shape index (κ2) is 6.75. The maximum atomic E-state index is 12.4. The lowest BCUT2D eigenvalue weighted by molar-refractivity contribution is -0.0530. The van der Waals surface area contributed by atoms with Crippen LogP contribution < -0.4 is 4.74 Å². The number of carbonyl (C=O) groups excluding carboxylic acids is 1. The van der Waals surface area contributed by atoms with Crippen LogP contribution in [0.25, 0.3) is 0 Å². The van der Waals surface area contributed by atoms with Gasteiger partial charge in [-0.05, 0) is 30.8 Å². The Morgan fingerprint density at radius 2 is 1.95 bits per heavy atom. The third-order valence-electron chi connectivity index (χ3n) is 2.04. The highest BCUT2D eigenvalue weighted by atomic mass is 79.9. The zero-order valence-electron chi connectivity index (χ0n) is 9.88. The van der Waals surface area contributed by atoms with Gasteiger partial charge in [-0.3, -0.25) is 4.79 Å². The Hall–Kier alpha value is -0.830. The molecule has 1 aromatic carbocycles. The number of benzene rings is 1. The number of ether oxygens (including phenoxy) is 1. The highest BCUT2D eigenvalue weighted by Gasteiger charge is 2.33. The van der Waals surface area contributed by atoms with E-state index in [-0.39, 0.29) is 5.56 Å². The fourth-order valence-corrected chi connectivity index (χ4v) is 2.23. The molecule has 0 fully saturated rings. The smallest absolute Gasteiger partial charge is 0.433 e. The van der Waals surface area contributed by atoms with Crippen LogP contribution in [-0.2, 0) is 0 Å². The number of rotatable bonds is 5. The summed E-state index contributed by atoms with van der Waals surface area (Å²) in [6, 6.07) is 3.28. The average molecular weight is 379 g/mol. The van der Waals surface area contributed by atoms with Gasteiger partial charge < -0.3 is 4.74 Å². The molecule has 0 heterocycles. The maximum absolute atomic E-state index is 12.4. The normalized spacial score (nSPS) is 13.4. The van der Waals surface area contributed by atoms with Crippen molar-refractivity contribution in [1.82, 2.24) is 0 Å². The zero-order valence-corrected chi connectivity index (χ0v) is 12.3. The van der Waals surface area contributed by atoms with E-state index in [0.29, 0.717) is 0 Å². The molecule has 9 heteroatoms. The van der Waals surface area contributed by atoms with E-state index in [4.69, 9.17) is 0 Å². The Morgan fingerprint density at radius 3 is 2.40 bits per heavy atom. The molecule has 0 saturated carbocycles. The van der Waals surface area contributed by atoms with Crippen molar-refractivity contribution in [1.29, 1.82) is 0 Å². The topological polar surface area (TPSA) is 26.3 Å². The maximum Gasteiger partial charge on any atom is 0.446 e. The Balaban J connectivity index is 3.30. The minimum atomic E-state index is -4.68. The molecule has 0 spiro atoms. The van der Waals surface area contributed by atoms with Crippen LogP contribution >= 0.6 is 27.7 Å². The van der Waals surface area contributed by atoms with E-state index in [0.717, 1.165) is 12.1 Å². The molecule has 1 unspecified atom stereocenters. The van der Waals surface area contributed by atoms with Crippen molar-refractivity contribution in [2.75, 3.05) is 0 Å². The first-order valence-corrected chi connectivity index (χ1v) is 6.87. The molecule has 0 aliphatic heterocycles. The standard InChI is InChI=1S/C11H8BrF5O2S/c1-5(12)8(18)6-3-2-4-7(20-11(15,16)17)9(6)19-10(13)14/h2-5,10H,1H3. The zero-order chi connectivity index (χ0) is 15.5. The third-order valence-corrected chi connectivity index (χ3v) is 3.23. The van der Waals surface area contributed by atoms with Crippen molar-refractivity contribution in [3.05, 3.63) is 23.8 Å². The summed E-state index contributed by atoms with van der Waals surface area (Å²) in [5.74, 6) is -1.41. The Morgan fingerprint density at radius 1 is 1.35 bits per heavy atom. The summed E-state index contributed by atoms with van der Waals surface area (Å²) < 4.78 is 65.9. The molecule has 1 aromatic rings. The number of carbonyl (C=O) groups is 1. The van der Waals surface area contributed by atoms with E-state index in [1.165, 1.54) is 13.0 Å². The average Bonchev–Trinajstić information content (AvgIpc) is 2.27. The molecule has 0 radical (unpaired) electrons. The van der Waals surface area contributed by atoms with Crippen molar-refractivity contribution in [3.8, 4) is 5.75 Å². The van der Waals surface area contributed by atoms with Crippen LogP contribution in [0.1, 0.15) is 17.3 Å². The van der Waals surface area contributed by atoms with Crippen molar-refractivity contribution >= 4 is 33.5 Å². The number of alkyl halides is 6. The summed E-state index contributed by atoms with van der Waals surface area (Å²) in [5.41, 5.74) is -5.01. The molecule has 0 aliphatic carbocycles. The van der Waals surface area contributed by atoms with Crippen LogP contribution in [0.5, 0.6) is 5.75 Å². The highest BCUT2D eigenvalue weighted by Crippen LogP contribution is 2.43. The number of hydrogen-bond donors (Lipinski definition) is 0. The number of hydrogen-bond acceptors (Lipinski definition) is 3. The molecule has 0 saturated heterocycles. The Bertz CT molecular complexity index is 490. The largest absolute Gasteiger partial charge is 0.446 e. The number of para-hydroxylation sites is 1. The lowest BCUT2D eigenvalue weighted by Gasteiger charge is -2.15. The SMILES string of the molecule is CC(Br)C(=O)c1cccc(SC(F)(F)F)c1OC(F)F. The van der Waals surface area contributed by atoms with Gasteiger partial charge in [0.2, 0.25) is 0 Å². The van der Waals surface area contributed by atoms with Gasteiger partial charge in [0.25, 0.3) is 0 Å². The van der Waals surface area contributed by atoms with Gasteiger partial charge in [0, 0.05) is 0 Å². The van der Waals surface area contributed by atoms with Crippen LogP contribution in [0.3, 0.4) is 0 Å². The van der Waals surface area contributed by atoms with E-state index in [9.17, 15) is 26.7 Å². The summed E-state index contributed by atoms with van der Waals surface area (Å²) in [7, 11) is 0. The number of halogens is 6. The lowest BCUT2D eigenvalue weighted by atomic mass is 10.1. The van der Waals surface area contributed by atoms with E-state index >= 15 is 0 Å². The first-order chi connectivity index (χ1) is 9.11. The van der Waals surface area contributed by atoms with E-state index in [1.807, 2.05) is 0 Å². The van der Waals surface area contributed by atoms with Crippen LogP contribution in [0.15, 0.2) is 23.1 Å². The molecular weight excluding hydrogens is 371 g/mol. The predicted octanol–water partition coefficient (Wildman–Crippen LogP) is 4.87. The van der Waals surface area contributed by atoms with E-state index in [1.54, 1.807) is 0 Å². The van der Waals surface area contributed by atoms with Gasteiger partial charge in [-0.1, -0.05) is 22.0 Å². The third kappa shape index (κ3) is 4.93. The molecule has 0 bridgehead atoms. The Kier molecular flexibility index (Phi) is 5.81. The van der Waals surface area contributed by atoms with Crippen LogP contribution in [0, 0.1) is 0 Å². The summed E-state index contributed by atoms with van der Waals surface area (Å²) in [6.45, 7) is -1.90. The van der Waals surface area contributed by atoms with E-state index in [2.05, 4.69) is 20.7 Å². The van der Waals surface area contributed by atoms with Gasteiger partial charge in [-0.15, -0.1) is 0 Å². The molecule has 1 atom stereocenters. The van der Waals surface area contributed by atoms with Crippen LogP contribution in [-0.4, -0.2) is 22.7 Å². The molecule has 0 N–H and O–H groups in total. The predicted molar refractivity (Wildman–Crippen MR) is 67.7 cm³/mol. The summed E-state index contributed by atoms with van der Waals surface area (Å²) in [4.78, 5) is 10.5. The molecular formula is C11H8BrF5O2S. The van der Waals surface area contributed by atoms with E-state index < -0.39 is 45.1 Å². The molecule has 20 heavy (non-hydrogen) atoms. The van der Waals surface area contributed by atoms with Gasteiger partial charge in [-0.25, -0.2) is 0 Å². The van der Waals surface area contributed by atoms with Gasteiger partial charge in [0.1, 0.15) is 0 Å². The first-order valence-electron chi connectivity index (χ1n) is 5.13. The molecule has 112 valence electrons. The minimum Gasteiger partial charge on any atom is -0.433 e. The van der Waals surface area contributed by atoms with Gasteiger partial charge >= 0.3 is 12.1 Å². The monoisotopic (exact) mass is 378 g/mol. The number of thioether (sulfide) groups is 1. The molecule has 0 amide bonds. The minimum absolute atomic E-state index is 0.330. The lowest BCUT2D eigenvalue weighted by Crippen LogP contribution is -2.15. The summed E-state index contributed by atoms with van der Waals surface area (Å²) >= 11 is 2.33. The second-order valence-electron chi connectivity index (χ2n) is 3.54. The highest BCUT2D eigenvalue weighted by molar-refractivity contribution is 9.10. The van der Waals surface area contributed by atoms with Crippen molar-refractivity contribution in [3.63, 3.8) is 0 Å². The molecule has 0 aromatic heterocycles. The van der Waals surface area contributed by atoms with Crippen LogP contribution in [0.2, 0.25) is 0 Å². The van der Waals surface area contributed by atoms with Gasteiger partial charge in [-0.2, -0.15) is 22.0 Å². The fraction of sp³-hybridized carbons (Fsp3) is 0.364. The molecule has 0 aliphatic rings. The van der Waals surface area contributed by atoms with Crippen LogP contribution in [0.4, 0.5) is 22.0 Å². The van der Waals surface area contributed by atoms with Crippen molar-refractivity contribution in [2.24, 2.45) is 0 Å². The molecule has 2 nitrogen and oxygen atoms in total. The first kappa shape index (κ1) is 17.2.